The first-order valence-corrected chi connectivity index (χ1v) is 3.72. The molecular weight excluding hydrogens is 174 g/mol. The number of benzene rings is 1. The third-order valence-electron chi connectivity index (χ3n) is 1.03. The molecule has 0 heterocycles. The summed E-state index contributed by atoms with van der Waals surface area (Å²) in [6, 6.07) is 2.09. The van der Waals surface area contributed by atoms with Crippen LogP contribution in [0.1, 0.15) is 0 Å². The Morgan fingerprint density at radius 3 is 2.00 bits per heavy atom. The summed E-state index contributed by atoms with van der Waals surface area (Å²) in [5, 5.41) is 0. The van der Waals surface area contributed by atoms with E-state index in [1.54, 1.807) is 0 Å². The first kappa shape index (κ1) is 8.29. The fraction of sp³-hybridized carbons (Fsp3) is 0. The molecule has 1 atom stereocenters. The lowest BCUT2D eigenvalue weighted by atomic mass is 10.3. The van der Waals surface area contributed by atoms with E-state index in [2.05, 4.69) is 0 Å². The summed E-state index contributed by atoms with van der Waals surface area (Å²) < 4.78 is 44.9. The molecule has 0 aromatic heterocycles. The van der Waals surface area contributed by atoms with Gasteiger partial charge in [0.1, 0.15) is 11.6 Å². The first-order chi connectivity index (χ1) is 5.09. The monoisotopic (exact) mass is 177 g/mol. The van der Waals surface area contributed by atoms with Crippen LogP contribution in [-0.2, 0) is 11.1 Å². The molecule has 0 amide bonds. The van der Waals surface area contributed by atoms with E-state index < -0.39 is 22.7 Å². The van der Waals surface area contributed by atoms with Gasteiger partial charge in [-0.2, -0.15) is 0 Å². The van der Waals surface area contributed by atoms with Crippen LogP contribution in [0.5, 0.6) is 0 Å². The molecular formula is C6H3F2O2S-. The molecule has 11 heavy (non-hydrogen) atoms. The number of hydrogen-bond acceptors (Lipinski definition) is 2. The van der Waals surface area contributed by atoms with E-state index >= 15 is 0 Å². The van der Waals surface area contributed by atoms with Crippen molar-refractivity contribution in [3.63, 3.8) is 0 Å². The highest BCUT2D eigenvalue weighted by Crippen LogP contribution is 2.09. The average Bonchev–Trinajstić information content (AvgIpc) is 1.85. The van der Waals surface area contributed by atoms with E-state index in [-0.39, 0.29) is 4.90 Å². The lowest BCUT2D eigenvalue weighted by Gasteiger charge is -2.03. The van der Waals surface area contributed by atoms with Crippen molar-refractivity contribution in [1.82, 2.24) is 0 Å². The van der Waals surface area contributed by atoms with Gasteiger partial charge in [-0.1, -0.05) is 0 Å². The molecule has 0 aliphatic rings. The Bertz CT molecular complexity index is 280. The van der Waals surface area contributed by atoms with Gasteiger partial charge in [-0.15, -0.1) is 0 Å². The van der Waals surface area contributed by atoms with Crippen molar-refractivity contribution in [2.45, 2.75) is 4.90 Å². The Kier molecular flexibility index (Phi) is 2.31. The lowest BCUT2D eigenvalue weighted by Crippen LogP contribution is -1.91. The molecule has 1 aromatic carbocycles. The molecule has 0 saturated carbocycles. The van der Waals surface area contributed by atoms with Crippen LogP contribution in [0.3, 0.4) is 0 Å². The molecule has 60 valence electrons. The summed E-state index contributed by atoms with van der Waals surface area (Å²) >= 11 is -2.58. The topological polar surface area (TPSA) is 40.1 Å². The molecule has 5 heteroatoms. The van der Waals surface area contributed by atoms with Crippen LogP contribution in [0.15, 0.2) is 23.1 Å². The van der Waals surface area contributed by atoms with Gasteiger partial charge < -0.3 is 4.55 Å². The van der Waals surface area contributed by atoms with Crippen LogP contribution < -0.4 is 0 Å². The molecule has 0 saturated heterocycles. The predicted molar refractivity (Wildman–Crippen MR) is 33.5 cm³/mol. The van der Waals surface area contributed by atoms with E-state index in [0.29, 0.717) is 6.07 Å². The van der Waals surface area contributed by atoms with Gasteiger partial charge >= 0.3 is 0 Å². The van der Waals surface area contributed by atoms with Crippen molar-refractivity contribution >= 4 is 11.1 Å². The third kappa shape index (κ3) is 2.06. The standard InChI is InChI=1S/C6H4F2O2S/c7-4-1-5(8)3-6(2-4)11(9)10/h1-3H,(H,9,10)/p-1. The number of rotatable bonds is 1. The maximum absolute atomic E-state index is 12.3. The van der Waals surface area contributed by atoms with Crippen molar-refractivity contribution in [2.24, 2.45) is 0 Å². The Morgan fingerprint density at radius 1 is 1.18 bits per heavy atom. The van der Waals surface area contributed by atoms with Crippen LogP contribution in [0.25, 0.3) is 0 Å². The zero-order chi connectivity index (χ0) is 8.43. The van der Waals surface area contributed by atoms with Crippen molar-refractivity contribution in [3.8, 4) is 0 Å². The van der Waals surface area contributed by atoms with Crippen LogP contribution in [0, 0.1) is 11.6 Å². The molecule has 0 aliphatic carbocycles. The van der Waals surface area contributed by atoms with E-state index in [9.17, 15) is 17.5 Å². The Labute approximate surface area is 64.1 Å². The summed E-state index contributed by atoms with van der Waals surface area (Å²) in [6.45, 7) is 0. The molecule has 0 radical (unpaired) electrons. The van der Waals surface area contributed by atoms with Gasteiger partial charge in [0.15, 0.2) is 0 Å². The predicted octanol–water partition coefficient (Wildman–Crippen LogP) is 1.20. The summed E-state index contributed by atoms with van der Waals surface area (Å²) in [5.41, 5.74) is 0. The van der Waals surface area contributed by atoms with E-state index in [1.165, 1.54) is 0 Å². The van der Waals surface area contributed by atoms with Gasteiger partial charge in [0.25, 0.3) is 0 Å². The van der Waals surface area contributed by atoms with Crippen molar-refractivity contribution in [2.75, 3.05) is 0 Å². The molecule has 0 bridgehead atoms. The van der Waals surface area contributed by atoms with Crippen molar-refractivity contribution in [3.05, 3.63) is 29.8 Å². The highest BCUT2D eigenvalue weighted by molar-refractivity contribution is 7.79. The van der Waals surface area contributed by atoms with Crippen LogP contribution in [0.2, 0.25) is 0 Å². The van der Waals surface area contributed by atoms with Gasteiger partial charge in [0, 0.05) is 11.0 Å². The fourth-order valence-corrected chi connectivity index (χ4v) is 1.04. The number of halogens is 2. The van der Waals surface area contributed by atoms with Gasteiger partial charge in [-0.05, 0) is 23.2 Å². The van der Waals surface area contributed by atoms with Crippen molar-refractivity contribution in [1.29, 1.82) is 0 Å². The first-order valence-electron chi connectivity index (χ1n) is 2.65. The second-order valence-corrected chi connectivity index (χ2v) is 2.78. The Hall–Kier alpha value is -0.810. The quantitative estimate of drug-likeness (QED) is 0.605. The van der Waals surface area contributed by atoms with Gasteiger partial charge in [-0.3, -0.25) is 4.21 Å². The maximum atomic E-state index is 12.3. The highest BCUT2D eigenvalue weighted by atomic mass is 32.2. The number of hydrogen-bond donors (Lipinski definition) is 0. The average molecular weight is 177 g/mol. The SMILES string of the molecule is O=S([O-])c1cc(F)cc(F)c1. The summed E-state index contributed by atoms with van der Waals surface area (Å²) in [7, 11) is 0. The normalized spacial score (nSPS) is 13.0. The van der Waals surface area contributed by atoms with E-state index in [0.717, 1.165) is 12.1 Å². The highest BCUT2D eigenvalue weighted by Gasteiger charge is 1.99. The smallest absolute Gasteiger partial charge is 0.127 e. The Balaban J connectivity index is 3.19. The Morgan fingerprint density at radius 2 is 1.64 bits per heavy atom. The molecule has 2 nitrogen and oxygen atoms in total. The zero-order valence-corrected chi connectivity index (χ0v) is 6.03. The largest absolute Gasteiger partial charge is 0.768 e. The summed E-state index contributed by atoms with van der Waals surface area (Å²) in [5.74, 6) is -1.80. The summed E-state index contributed by atoms with van der Waals surface area (Å²) in [6.07, 6.45) is 0. The molecule has 1 unspecified atom stereocenters. The molecule has 1 rings (SSSR count). The van der Waals surface area contributed by atoms with Gasteiger partial charge in [0.2, 0.25) is 0 Å². The van der Waals surface area contributed by atoms with Crippen LogP contribution in [-0.4, -0.2) is 8.76 Å². The second-order valence-electron chi connectivity index (χ2n) is 1.84. The van der Waals surface area contributed by atoms with Crippen LogP contribution >= 0.6 is 0 Å². The van der Waals surface area contributed by atoms with Gasteiger partial charge in [0.05, 0.1) is 0 Å². The fourth-order valence-electron chi connectivity index (χ4n) is 0.625. The molecule has 0 aliphatic heterocycles. The van der Waals surface area contributed by atoms with Crippen molar-refractivity contribution < 1.29 is 17.5 Å². The minimum atomic E-state index is -2.58. The molecule has 0 spiro atoms. The third-order valence-corrected chi connectivity index (χ3v) is 1.65. The minimum absolute atomic E-state index is 0.387. The zero-order valence-electron chi connectivity index (χ0n) is 5.21. The summed E-state index contributed by atoms with van der Waals surface area (Å²) in [4.78, 5) is -0.387. The van der Waals surface area contributed by atoms with E-state index in [1.807, 2.05) is 0 Å². The molecule has 1 aromatic rings. The molecule has 0 fully saturated rings. The minimum Gasteiger partial charge on any atom is -0.768 e. The maximum Gasteiger partial charge on any atom is 0.127 e. The van der Waals surface area contributed by atoms with E-state index in [4.69, 9.17) is 0 Å². The molecule has 0 N–H and O–H groups in total. The van der Waals surface area contributed by atoms with Gasteiger partial charge in [-0.25, -0.2) is 8.78 Å². The van der Waals surface area contributed by atoms with Crippen LogP contribution in [0.4, 0.5) is 8.78 Å². The lowest BCUT2D eigenvalue weighted by molar-refractivity contribution is 0.530. The second kappa shape index (κ2) is 3.06.